The maximum absolute atomic E-state index is 12.9. The number of nitrogens with one attached hydrogen (secondary N) is 1. The van der Waals surface area contributed by atoms with Gasteiger partial charge in [0.15, 0.2) is 5.16 Å². The van der Waals surface area contributed by atoms with Crippen molar-refractivity contribution in [2.45, 2.75) is 17.3 Å². The fourth-order valence-corrected chi connectivity index (χ4v) is 4.35. The third kappa shape index (κ3) is 3.94. The van der Waals surface area contributed by atoms with Gasteiger partial charge < -0.3 is 19.5 Å². The van der Waals surface area contributed by atoms with Gasteiger partial charge in [0.1, 0.15) is 5.75 Å². The smallest absolute Gasteiger partial charge is 0.236 e. The molecule has 0 spiro atoms. The van der Waals surface area contributed by atoms with Gasteiger partial charge in [-0.1, -0.05) is 30.0 Å². The number of benzene rings is 2. The van der Waals surface area contributed by atoms with Gasteiger partial charge in [-0.2, -0.15) is 0 Å². The maximum Gasteiger partial charge on any atom is 0.236 e. The van der Waals surface area contributed by atoms with Crippen LogP contribution in [0, 0.1) is 0 Å². The van der Waals surface area contributed by atoms with Crippen molar-refractivity contribution in [2.24, 2.45) is 0 Å². The lowest BCUT2D eigenvalue weighted by Crippen LogP contribution is -2.50. The Bertz CT molecular complexity index is 951. The van der Waals surface area contributed by atoms with Gasteiger partial charge >= 0.3 is 0 Å². The van der Waals surface area contributed by atoms with E-state index in [-0.39, 0.29) is 11.2 Å². The molecule has 28 heavy (non-hydrogen) atoms. The van der Waals surface area contributed by atoms with Crippen molar-refractivity contribution in [3.63, 3.8) is 0 Å². The van der Waals surface area contributed by atoms with Crippen molar-refractivity contribution >= 4 is 34.4 Å². The summed E-state index contributed by atoms with van der Waals surface area (Å²) in [6, 6.07) is 16.1. The molecule has 2 aromatic carbocycles. The minimum atomic E-state index is -0.189. The van der Waals surface area contributed by atoms with E-state index in [1.54, 1.807) is 7.11 Å². The quantitative estimate of drug-likeness (QED) is 0.670. The van der Waals surface area contributed by atoms with E-state index in [4.69, 9.17) is 4.74 Å². The molecule has 0 bridgehead atoms. The lowest BCUT2D eigenvalue weighted by molar-refractivity contribution is -0.130. The van der Waals surface area contributed by atoms with E-state index >= 15 is 0 Å². The Morgan fingerprint density at radius 3 is 2.61 bits per heavy atom. The van der Waals surface area contributed by atoms with Crippen LogP contribution in [-0.4, -0.2) is 59.3 Å². The maximum atomic E-state index is 12.9. The summed E-state index contributed by atoms with van der Waals surface area (Å²) >= 11 is 1.47. The number of hydrogen-bond donors (Lipinski definition) is 1. The molecule has 1 N–H and O–H groups in total. The SMILES string of the molecule is COc1ccc2nc(S[C@@H](C)C(=O)N3CCN(c4ccccc4)CC3)[nH]c2c1. The number of thioether (sulfide) groups is 1. The monoisotopic (exact) mass is 396 g/mol. The molecule has 1 saturated heterocycles. The highest BCUT2D eigenvalue weighted by molar-refractivity contribution is 8.00. The summed E-state index contributed by atoms with van der Waals surface area (Å²) in [5.41, 5.74) is 3.01. The highest BCUT2D eigenvalue weighted by Gasteiger charge is 2.26. The normalized spacial score (nSPS) is 15.6. The molecule has 3 aromatic rings. The largest absolute Gasteiger partial charge is 0.497 e. The number of amides is 1. The number of aromatic amines is 1. The number of H-pyrrole nitrogens is 1. The number of fused-ring (bicyclic) bond motifs is 1. The molecule has 6 nitrogen and oxygen atoms in total. The highest BCUT2D eigenvalue weighted by Crippen LogP contribution is 2.27. The first-order chi connectivity index (χ1) is 13.6. The van der Waals surface area contributed by atoms with Crippen LogP contribution in [0.25, 0.3) is 11.0 Å². The van der Waals surface area contributed by atoms with Crippen molar-refractivity contribution in [3.05, 3.63) is 48.5 Å². The Balaban J connectivity index is 1.36. The summed E-state index contributed by atoms with van der Waals surface area (Å²) < 4.78 is 5.25. The molecule has 1 aliphatic heterocycles. The van der Waals surface area contributed by atoms with Crippen molar-refractivity contribution in [1.82, 2.24) is 14.9 Å². The molecule has 7 heteroatoms. The number of piperazine rings is 1. The van der Waals surface area contributed by atoms with Crippen LogP contribution in [0.2, 0.25) is 0 Å². The van der Waals surface area contributed by atoms with Crippen molar-refractivity contribution < 1.29 is 9.53 Å². The van der Waals surface area contributed by atoms with Crippen molar-refractivity contribution in [1.29, 1.82) is 0 Å². The molecule has 1 atom stereocenters. The van der Waals surface area contributed by atoms with E-state index in [0.29, 0.717) is 0 Å². The van der Waals surface area contributed by atoms with Gasteiger partial charge in [-0.05, 0) is 31.2 Å². The third-order valence-corrected chi connectivity index (χ3v) is 5.99. The summed E-state index contributed by atoms with van der Waals surface area (Å²) in [5.74, 6) is 0.948. The number of rotatable bonds is 5. The van der Waals surface area contributed by atoms with Crippen molar-refractivity contribution in [3.8, 4) is 5.75 Å². The molecule has 1 aliphatic rings. The number of para-hydroxylation sites is 1. The number of imidazole rings is 1. The van der Waals surface area contributed by atoms with Crippen LogP contribution in [0.15, 0.2) is 53.7 Å². The van der Waals surface area contributed by atoms with Crippen molar-refractivity contribution in [2.75, 3.05) is 38.2 Å². The van der Waals surface area contributed by atoms with Gasteiger partial charge in [0.25, 0.3) is 0 Å². The zero-order valence-corrected chi connectivity index (χ0v) is 16.9. The van der Waals surface area contributed by atoms with Crippen LogP contribution < -0.4 is 9.64 Å². The molecule has 1 fully saturated rings. The summed E-state index contributed by atoms with van der Waals surface area (Å²) in [6.07, 6.45) is 0. The summed E-state index contributed by atoms with van der Waals surface area (Å²) in [6.45, 7) is 5.16. The zero-order chi connectivity index (χ0) is 19.5. The van der Waals surface area contributed by atoms with Gasteiger partial charge in [-0.15, -0.1) is 0 Å². The molecule has 2 heterocycles. The second-order valence-electron chi connectivity index (χ2n) is 6.83. The van der Waals surface area contributed by atoms with Crippen LogP contribution in [0.4, 0.5) is 5.69 Å². The van der Waals surface area contributed by atoms with Crippen LogP contribution >= 0.6 is 11.8 Å². The Labute approximate surface area is 168 Å². The highest BCUT2D eigenvalue weighted by atomic mass is 32.2. The number of methoxy groups -OCH3 is 1. The number of carbonyl (C=O) groups is 1. The number of carbonyl (C=O) groups excluding carboxylic acids is 1. The Morgan fingerprint density at radius 2 is 1.89 bits per heavy atom. The van der Waals surface area contributed by atoms with Crippen LogP contribution in [0.3, 0.4) is 0 Å². The number of nitrogens with zero attached hydrogens (tertiary/aromatic N) is 3. The average Bonchev–Trinajstić information content (AvgIpc) is 3.15. The van der Waals surface area contributed by atoms with Gasteiger partial charge in [-0.3, -0.25) is 4.79 Å². The first-order valence-electron chi connectivity index (χ1n) is 9.43. The Kier molecular flexibility index (Phi) is 5.43. The van der Waals surface area contributed by atoms with Crippen LogP contribution in [-0.2, 0) is 4.79 Å². The number of hydrogen-bond acceptors (Lipinski definition) is 5. The Morgan fingerprint density at radius 1 is 1.14 bits per heavy atom. The van der Waals surface area contributed by atoms with Crippen LogP contribution in [0.1, 0.15) is 6.92 Å². The second-order valence-corrected chi connectivity index (χ2v) is 8.16. The summed E-state index contributed by atoms with van der Waals surface area (Å²) in [5, 5.41) is 0.567. The predicted molar refractivity (Wildman–Crippen MR) is 113 cm³/mol. The number of ether oxygens (including phenoxy) is 1. The van der Waals surface area contributed by atoms with E-state index in [9.17, 15) is 4.79 Å². The first-order valence-corrected chi connectivity index (χ1v) is 10.3. The fourth-order valence-electron chi connectivity index (χ4n) is 3.45. The van der Waals surface area contributed by atoms with E-state index < -0.39 is 0 Å². The lowest BCUT2D eigenvalue weighted by Gasteiger charge is -2.37. The van der Waals surface area contributed by atoms with E-state index in [1.807, 2.05) is 36.1 Å². The molecule has 0 unspecified atom stereocenters. The minimum absolute atomic E-state index is 0.163. The second kappa shape index (κ2) is 8.14. The molecular formula is C21H24N4O2S. The number of anilines is 1. The Hall–Kier alpha value is -2.67. The van der Waals surface area contributed by atoms with E-state index in [2.05, 4.69) is 39.1 Å². The van der Waals surface area contributed by atoms with E-state index in [0.717, 1.165) is 48.1 Å². The molecular weight excluding hydrogens is 372 g/mol. The molecule has 0 saturated carbocycles. The standard InChI is InChI=1S/C21H24N4O2S/c1-15(28-21-22-18-9-8-17(27-2)14-19(18)23-21)20(26)25-12-10-24(11-13-25)16-6-4-3-5-7-16/h3-9,14-15H,10-13H2,1-2H3,(H,22,23)/t15-/m0/s1. The molecule has 1 amide bonds. The summed E-state index contributed by atoms with van der Waals surface area (Å²) in [7, 11) is 1.64. The zero-order valence-electron chi connectivity index (χ0n) is 16.1. The molecule has 146 valence electrons. The van der Waals surface area contributed by atoms with Gasteiger partial charge in [0.2, 0.25) is 5.91 Å². The van der Waals surface area contributed by atoms with Gasteiger partial charge in [0.05, 0.1) is 23.4 Å². The summed E-state index contributed by atoms with van der Waals surface area (Å²) in [4.78, 5) is 25.0. The first kappa shape index (κ1) is 18.7. The number of aromatic nitrogens is 2. The molecule has 0 radical (unpaired) electrons. The topological polar surface area (TPSA) is 61.5 Å². The lowest BCUT2D eigenvalue weighted by atomic mass is 10.2. The fraction of sp³-hybridized carbons (Fsp3) is 0.333. The minimum Gasteiger partial charge on any atom is -0.497 e. The average molecular weight is 397 g/mol. The third-order valence-electron chi connectivity index (χ3n) is 5.02. The van der Waals surface area contributed by atoms with E-state index in [1.165, 1.54) is 17.4 Å². The van der Waals surface area contributed by atoms with Gasteiger partial charge in [-0.25, -0.2) is 4.98 Å². The molecule has 4 rings (SSSR count). The predicted octanol–water partition coefficient (Wildman–Crippen LogP) is 3.40. The molecule has 0 aliphatic carbocycles. The molecule has 1 aromatic heterocycles. The van der Waals surface area contributed by atoms with Crippen LogP contribution in [0.5, 0.6) is 5.75 Å². The van der Waals surface area contributed by atoms with Gasteiger partial charge in [0, 0.05) is 37.9 Å².